The van der Waals surface area contributed by atoms with E-state index in [9.17, 15) is 21.6 Å². The van der Waals surface area contributed by atoms with Crippen molar-refractivity contribution < 1.29 is 31.1 Å². The number of benzene rings is 1. The Balaban J connectivity index is 1.82. The van der Waals surface area contributed by atoms with Crippen molar-refractivity contribution in [3.05, 3.63) is 65.9 Å². The lowest BCUT2D eigenvalue weighted by molar-refractivity contribution is -0.137. The number of halogens is 3. The Morgan fingerprint density at radius 2 is 1.84 bits per heavy atom. The molecule has 3 rings (SSSR count). The average molecular weight is 453 g/mol. The zero-order chi connectivity index (χ0) is 22.6. The van der Waals surface area contributed by atoms with Crippen molar-refractivity contribution in [2.75, 3.05) is 18.1 Å². The first-order valence-electron chi connectivity index (χ1n) is 8.83. The maximum atomic E-state index is 12.9. The van der Waals surface area contributed by atoms with Gasteiger partial charge in [-0.25, -0.2) is 18.4 Å². The summed E-state index contributed by atoms with van der Waals surface area (Å²) in [7, 11) is -2.21. The summed E-state index contributed by atoms with van der Waals surface area (Å²) in [6, 6.07) is 11.2. The maximum Gasteiger partial charge on any atom is 0.416 e. The van der Waals surface area contributed by atoms with Crippen LogP contribution in [0.15, 0.2) is 54.7 Å². The maximum absolute atomic E-state index is 12.9. The molecular weight excluding hydrogens is 435 g/mol. The minimum atomic E-state index is -4.44. The van der Waals surface area contributed by atoms with E-state index in [-0.39, 0.29) is 24.1 Å². The summed E-state index contributed by atoms with van der Waals surface area (Å²) in [5, 5.41) is 0. The summed E-state index contributed by atoms with van der Waals surface area (Å²) < 4.78 is 74.6. The standard InChI is InChI=1S/C20H18F3N3O4S/c1-29-19-17(26-31(2,27)28)10-14(11-24-19)16-7-4-8-18(25-16)30-12-13-5-3-6-15(9-13)20(21,22)23/h3-11,26H,12H2,1-2H3. The third kappa shape index (κ3) is 6.07. The number of methoxy groups -OCH3 is 1. The molecule has 31 heavy (non-hydrogen) atoms. The molecule has 2 aromatic heterocycles. The van der Waals surface area contributed by atoms with Gasteiger partial charge in [0, 0.05) is 17.8 Å². The van der Waals surface area contributed by atoms with Crippen LogP contribution in [0.4, 0.5) is 18.9 Å². The van der Waals surface area contributed by atoms with Gasteiger partial charge in [0.2, 0.25) is 21.8 Å². The Morgan fingerprint density at radius 3 is 2.52 bits per heavy atom. The summed E-state index contributed by atoms with van der Waals surface area (Å²) in [5.74, 6) is 0.273. The topological polar surface area (TPSA) is 90.4 Å². The second-order valence-corrected chi connectivity index (χ2v) is 8.25. The van der Waals surface area contributed by atoms with Gasteiger partial charge >= 0.3 is 6.18 Å². The molecule has 11 heteroatoms. The van der Waals surface area contributed by atoms with Gasteiger partial charge in [-0.3, -0.25) is 4.72 Å². The molecule has 0 radical (unpaired) electrons. The van der Waals surface area contributed by atoms with Crippen molar-refractivity contribution in [3.8, 4) is 23.0 Å². The Bertz CT molecular complexity index is 1180. The molecule has 1 aromatic carbocycles. The third-order valence-electron chi connectivity index (χ3n) is 4.00. The smallest absolute Gasteiger partial charge is 0.416 e. The zero-order valence-corrected chi connectivity index (χ0v) is 17.3. The number of alkyl halides is 3. The monoisotopic (exact) mass is 453 g/mol. The lowest BCUT2D eigenvalue weighted by atomic mass is 10.1. The molecule has 0 saturated carbocycles. The van der Waals surface area contributed by atoms with Gasteiger partial charge in [-0.05, 0) is 29.8 Å². The fraction of sp³-hybridized carbons (Fsp3) is 0.200. The van der Waals surface area contributed by atoms with Gasteiger partial charge in [0.25, 0.3) is 0 Å². The van der Waals surface area contributed by atoms with Gasteiger partial charge in [0.1, 0.15) is 12.3 Å². The summed E-state index contributed by atoms with van der Waals surface area (Å²) in [6.07, 6.45) is -1.99. The number of hydrogen-bond acceptors (Lipinski definition) is 6. The van der Waals surface area contributed by atoms with E-state index in [0.717, 1.165) is 18.4 Å². The van der Waals surface area contributed by atoms with Crippen molar-refractivity contribution in [2.24, 2.45) is 0 Å². The Hall–Kier alpha value is -3.34. The number of pyridine rings is 2. The summed E-state index contributed by atoms with van der Waals surface area (Å²) >= 11 is 0. The summed E-state index contributed by atoms with van der Waals surface area (Å²) in [6.45, 7) is -0.109. The molecule has 1 N–H and O–H groups in total. The first-order chi connectivity index (χ1) is 14.5. The van der Waals surface area contributed by atoms with Crippen molar-refractivity contribution >= 4 is 15.7 Å². The van der Waals surface area contributed by atoms with Gasteiger partial charge < -0.3 is 9.47 Å². The molecule has 7 nitrogen and oxygen atoms in total. The molecule has 0 fully saturated rings. The van der Waals surface area contributed by atoms with E-state index < -0.39 is 21.8 Å². The minimum Gasteiger partial charge on any atom is -0.480 e. The number of nitrogens with zero attached hydrogens (tertiary/aromatic N) is 2. The van der Waals surface area contributed by atoms with Gasteiger partial charge in [-0.15, -0.1) is 0 Å². The van der Waals surface area contributed by atoms with Gasteiger partial charge in [0.15, 0.2) is 0 Å². The van der Waals surface area contributed by atoms with Crippen molar-refractivity contribution in [3.63, 3.8) is 0 Å². The molecule has 0 bridgehead atoms. The van der Waals surface area contributed by atoms with E-state index in [0.29, 0.717) is 16.8 Å². The highest BCUT2D eigenvalue weighted by Gasteiger charge is 2.30. The Kier molecular flexibility index (Phi) is 6.34. The van der Waals surface area contributed by atoms with E-state index in [1.165, 1.54) is 31.5 Å². The van der Waals surface area contributed by atoms with Crippen molar-refractivity contribution in [2.45, 2.75) is 12.8 Å². The number of aromatic nitrogens is 2. The molecule has 0 amide bonds. The molecule has 0 saturated heterocycles. The molecule has 2 heterocycles. The molecule has 0 aliphatic carbocycles. The van der Waals surface area contributed by atoms with Gasteiger partial charge in [0.05, 0.1) is 24.6 Å². The Morgan fingerprint density at radius 1 is 1.10 bits per heavy atom. The molecule has 164 valence electrons. The minimum absolute atomic E-state index is 0.0890. The van der Waals surface area contributed by atoms with Crippen LogP contribution in [0.2, 0.25) is 0 Å². The number of anilines is 1. The first kappa shape index (κ1) is 22.3. The quantitative estimate of drug-likeness (QED) is 0.579. The summed E-state index contributed by atoms with van der Waals surface area (Å²) in [5.41, 5.74) is 0.627. The fourth-order valence-electron chi connectivity index (χ4n) is 2.68. The zero-order valence-electron chi connectivity index (χ0n) is 16.5. The molecule has 0 aliphatic heterocycles. The van der Waals surface area contributed by atoms with E-state index in [2.05, 4.69) is 14.7 Å². The highest BCUT2D eigenvalue weighted by Crippen LogP contribution is 2.30. The summed E-state index contributed by atoms with van der Waals surface area (Å²) in [4.78, 5) is 8.40. The van der Waals surface area contributed by atoms with Gasteiger partial charge in [-0.1, -0.05) is 18.2 Å². The predicted octanol–water partition coefficient (Wildman–Crippen LogP) is 4.12. The van der Waals surface area contributed by atoms with Gasteiger partial charge in [-0.2, -0.15) is 13.2 Å². The first-order valence-corrected chi connectivity index (χ1v) is 10.7. The van der Waals surface area contributed by atoms with Crippen LogP contribution >= 0.6 is 0 Å². The number of rotatable bonds is 7. The van der Waals surface area contributed by atoms with Crippen LogP contribution in [-0.4, -0.2) is 31.8 Å². The fourth-order valence-corrected chi connectivity index (χ4v) is 3.22. The lowest BCUT2D eigenvalue weighted by Crippen LogP contribution is -2.11. The van der Waals surface area contributed by atoms with Crippen LogP contribution in [0.25, 0.3) is 11.3 Å². The SMILES string of the molecule is COc1ncc(-c2cccc(OCc3cccc(C(F)(F)F)c3)n2)cc1NS(C)(=O)=O. The normalized spacial score (nSPS) is 11.8. The molecule has 0 atom stereocenters. The Labute approximate surface area is 176 Å². The number of hydrogen-bond donors (Lipinski definition) is 1. The van der Waals surface area contributed by atoms with E-state index in [1.807, 2.05) is 0 Å². The second kappa shape index (κ2) is 8.80. The number of ether oxygens (including phenoxy) is 2. The van der Waals surface area contributed by atoms with Crippen LogP contribution in [0.1, 0.15) is 11.1 Å². The van der Waals surface area contributed by atoms with Crippen LogP contribution in [0, 0.1) is 0 Å². The van der Waals surface area contributed by atoms with Crippen LogP contribution in [0.3, 0.4) is 0 Å². The van der Waals surface area contributed by atoms with E-state index in [4.69, 9.17) is 9.47 Å². The molecular formula is C20H18F3N3O4S. The highest BCUT2D eigenvalue weighted by atomic mass is 32.2. The number of nitrogens with one attached hydrogen (secondary N) is 1. The van der Waals surface area contributed by atoms with E-state index >= 15 is 0 Å². The van der Waals surface area contributed by atoms with Crippen LogP contribution in [0.5, 0.6) is 11.8 Å². The number of sulfonamides is 1. The third-order valence-corrected chi connectivity index (χ3v) is 4.59. The average Bonchev–Trinajstić information content (AvgIpc) is 2.71. The van der Waals surface area contributed by atoms with Crippen molar-refractivity contribution in [1.29, 1.82) is 0 Å². The van der Waals surface area contributed by atoms with Crippen LogP contribution < -0.4 is 14.2 Å². The van der Waals surface area contributed by atoms with E-state index in [1.54, 1.807) is 18.2 Å². The molecule has 0 unspecified atom stereocenters. The second-order valence-electron chi connectivity index (χ2n) is 6.50. The van der Waals surface area contributed by atoms with Crippen molar-refractivity contribution in [1.82, 2.24) is 9.97 Å². The largest absolute Gasteiger partial charge is 0.480 e. The molecule has 3 aromatic rings. The molecule has 0 spiro atoms. The predicted molar refractivity (Wildman–Crippen MR) is 108 cm³/mol. The highest BCUT2D eigenvalue weighted by molar-refractivity contribution is 7.92. The van der Waals surface area contributed by atoms with Crippen LogP contribution in [-0.2, 0) is 22.8 Å². The lowest BCUT2D eigenvalue weighted by Gasteiger charge is -2.12. The molecule has 0 aliphatic rings.